The molecule has 4 rings (SSSR count). The molecule has 10 heteroatoms. The number of nitrogen functional groups attached to an aromatic ring is 1. The molecule has 0 amide bonds. The molecule has 2 aromatic heterocycles. The Kier molecular flexibility index (Phi) is 6.19. The Balaban J connectivity index is 1.74. The van der Waals surface area contributed by atoms with Gasteiger partial charge in [0.15, 0.2) is 11.5 Å². The average Bonchev–Trinajstić information content (AvgIpc) is 2.80. The zero-order valence-corrected chi connectivity index (χ0v) is 20.1. The molecule has 9 nitrogen and oxygen atoms in total. The van der Waals surface area contributed by atoms with E-state index < -0.39 is 0 Å². The van der Waals surface area contributed by atoms with Crippen LogP contribution in [0.15, 0.2) is 45.8 Å². The number of halogens is 1. The van der Waals surface area contributed by atoms with Gasteiger partial charge in [-0.15, -0.1) is 0 Å². The first kappa shape index (κ1) is 22.5. The maximum Gasteiger partial charge on any atom is 0.268 e. The van der Waals surface area contributed by atoms with E-state index in [1.54, 1.807) is 46.6 Å². The molecule has 2 aromatic carbocycles. The first-order valence-corrected chi connectivity index (χ1v) is 10.7. The summed E-state index contributed by atoms with van der Waals surface area (Å²) in [4.78, 5) is 26.5. The van der Waals surface area contributed by atoms with Crippen LogP contribution in [-0.4, -0.2) is 40.8 Å². The Bertz CT molecular complexity index is 1400. The Morgan fingerprint density at radius 3 is 2.33 bits per heavy atom. The van der Waals surface area contributed by atoms with E-state index in [9.17, 15) is 4.79 Å². The zero-order valence-electron chi connectivity index (χ0n) is 18.5. The van der Waals surface area contributed by atoms with Gasteiger partial charge in [0.05, 0.1) is 32.2 Å². The fourth-order valence-electron chi connectivity index (χ4n) is 3.62. The van der Waals surface area contributed by atoms with E-state index in [-0.39, 0.29) is 17.3 Å². The highest BCUT2D eigenvalue weighted by Crippen LogP contribution is 2.38. The van der Waals surface area contributed by atoms with Gasteiger partial charge in [-0.1, -0.05) is 15.9 Å². The lowest BCUT2D eigenvalue weighted by molar-refractivity contribution is 0.324. The van der Waals surface area contributed by atoms with Gasteiger partial charge in [0.25, 0.3) is 5.56 Å². The smallest absolute Gasteiger partial charge is 0.268 e. The van der Waals surface area contributed by atoms with Crippen LogP contribution >= 0.6 is 15.9 Å². The number of nitrogens with two attached hydrogens (primary N) is 1. The SMILES string of the molecule is COc1cc(Cc2cnc(-n3c(C)nc4ccc(Br)cc4c3=O)nc2N)cc(OC)c1OC. The van der Waals surface area contributed by atoms with Crippen LogP contribution in [0.2, 0.25) is 0 Å². The summed E-state index contributed by atoms with van der Waals surface area (Å²) < 4.78 is 18.3. The number of aromatic nitrogens is 4. The number of methoxy groups -OCH3 is 3. The van der Waals surface area contributed by atoms with Gasteiger partial charge in [-0.05, 0) is 42.8 Å². The highest BCUT2D eigenvalue weighted by atomic mass is 79.9. The number of anilines is 1. The lowest BCUT2D eigenvalue weighted by Gasteiger charge is -2.15. The minimum Gasteiger partial charge on any atom is -0.493 e. The number of hydrogen-bond acceptors (Lipinski definition) is 8. The van der Waals surface area contributed by atoms with Crippen molar-refractivity contribution in [2.45, 2.75) is 13.3 Å². The molecule has 0 aliphatic heterocycles. The van der Waals surface area contributed by atoms with Gasteiger partial charge in [0.1, 0.15) is 11.6 Å². The van der Waals surface area contributed by atoms with Crippen LogP contribution in [0.4, 0.5) is 5.82 Å². The first-order valence-electron chi connectivity index (χ1n) is 9.95. The van der Waals surface area contributed by atoms with Crippen molar-refractivity contribution >= 4 is 32.7 Å². The van der Waals surface area contributed by atoms with Crippen LogP contribution in [-0.2, 0) is 6.42 Å². The van der Waals surface area contributed by atoms with Crippen LogP contribution in [0.5, 0.6) is 17.2 Å². The summed E-state index contributed by atoms with van der Waals surface area (Å²) >= 11 is 3.40. The molecule has 0 spiro atoms. The summed E-state index contributed by atoms with van der Waals surface area (Å²) in [6, 6.07) is 9.03. The summed E-state index contributed by atoms with van der Waals surface area (Å²) in [5.74, 6) is 2.48. The summed E-state index contributed by atoms with van der Waals surface area (Å²) in [5.41, 5.74) is 8.16. The third-order valence-electron chi connectivity index (χ3n) is 5.20. The minimum atomic E-state index is -0.268. The number of hydrogen-bond donors (Lipinski definition) is 1. The number of ether oxygens (including phenoxy) is 3. The molecule has 0 saturated carbocycles. The third kappa shape index (κ3) is 4.21. The molecule has 0 saturated heterocycles. The summed E-state index contributed by atoms with van der Waals surface area (Å²) in [6.07, 6.45) is 2.04. The molecule has 0 atom stereocenters. The molecule has 0 aliphatic rings. The molecule has 0 fully saturated rings. The van der Waals surface area contributed by atoms with E-state index in [4.69, 9.17) is 19.9 Å². The van der Waals surface area contributed by atoms with E-state index in [2.05, 4.69) is 30.9 Å². The van der Waals surface area contributed by atoms with Crippen molar-refractivity contribution in [1.82, 2.24) is 19.5 Å². The topological polar surface area (TPSA) is 114 Å². The van der Waals surface area contributed by atoms with Gasteiger partial charge in [0, 0.05) is 22.7 Å². The van der Waals surface area contributed by atoms with Crippen molar-refractivity contribution in [2.75, 3.05) is 27.1 Å². The van der Waals surface area contributed by atoms with Crippen molar-refractivity contribution in [2.24, 2.45) is 0 Å². The molecule has 2 N–H and O–H groups in total. The Morgan fingerprint density at radius 1 is 1.03 bits per heavy atom. The van der Waals surface area contributed by atoms with Crippen LogP contribution < -0.4 is 25.5 Å². The number of fused-ring (bicyclic) bond motifs is 1. The van der Waals surface area contributed by atoms with Gasteiger partial charge in [-0.2, -0.15) is 4.98 Å². The van der Waals surface area contributed by atoms with Crippen molar-refractivity contribution in [3.8, 4) is 23.2 Å². The second-order valence-electron chi connectivity index (χ2n) is 7.25. The third-order valence-corrected chi connectivity index (χ3v) is 5.70. The normalized spacial score (nSPS) is 10.9. The van der Waals surface area contributed by atoms with Gasteiger partial charge in [0.2, 0.25) is 11.7 Å². The zero-order chi connectivity index (χ0) is 23.7. The highest BCUT2D eigenvalue weighted by Gasteiger charge is 2.17. The second kappa shape index (κ2) is 9.07. The molecule has 0 radical (unpaired) electrons. The Hall–Kier alpha value is -3.66. The number of aryl methyl sites for hydroxylation is 1. The van der Waals surface area contributed by atoms with Crippen LogP contribution in [0.25, 0.3) is 16.9 Å². The molecule has 2 heterocycles. The number of rotatable bonds is 6. The molecule has 0 unspecified atom stereocenters. The quantitative estimate of drug-likeness (QED) is 0.418. The molecule has 4 aromatic rings. The van der Waals surface area contributed by atoms with E-state index >= 15 is 0 Å². The molecule has 0 bridgehead atoms. The number of benzene rings is 2. The summed E-state index contributed by atoms with van der Waals surface area (Å²) in [5, 5.41) is 0.457. The maximum absolute atomic E-state index is 13.1. The van der Waals surface area contributed by atoms with E-state index in [1.165, 1.54) is 4.57 Å². The average molecular weight is 512 g/mol. The molecule has 0 aliphatic carbocycles. The van der Waals surface area contributed by atoms with Gasteiger partial charge < -0.3 is 19.9 Å². The predicted octanol–water partition coefficient (Wildman–Crippen LogP) is 3.45. The molecule has 170 valence electrons. The van der Waals surface area contributed by atoms with E-state index in [1.807, 2.05) is 18.2 Å². The molecular formula is C23H22BrN5O4. The van der Waals surface area contributed by atoms with Crippen molar-refractivity contribution in [3.63, 3.8) is 0 Å². The Morgan fingerprint density at radius 2 is 1.73 bits per heavy atom. The van der Waals surface area contributed by atoms with Crippen LogP contribution in [0.3, 0.4) is 0 Å². The van der Waals surface area contributed by atoms with Crippen LogP contribution in [0, 0.1) is 6.92 Å². The Labute approximate surface area is 198 Å². The predicted molar refractivity (Wildman–Crippen MR) is 129 cm³/mol. The van der Waals surface area contributed by atoms with E-state index in [0.717, 1.165) is 10.0 Å². The maximum atomic E-state index is 13.1. The lowest BCUT2D eigenvalue weighted by Crippen LogP contribution is -2.24. The fraction of sp³-hybridized carbons (Fsp3) is 0.217. The monoisotopic (exact) mass is 511 g/mol. The molecule has 33 heavy (non-hydrogen) atoms. The summed E-state index contributed by atoms with van der Waals surface area (Å²) in [6.45, 7) is 1.73. The summed E-state index contributed by atoms with van der Waals surface area (Å²) in [7, 11) is 4.67. The number of nitrogens with zero attached hydrogens (tertiary/aromatic N) is 4. The second-order valence-corrected chi connectivity index (χ2v) is 8.17. The minimum absolute atomic E-state index is 0.165. The van der Waals surface area contributed by atoms with Crippen LogP contribution in [0.1, 0.15) is 17.0 Å². The highest BCUT2D eigenvalue weighted by molar-refractivity contribution is 9.10. The van der Waals surface area contributed by atoms with Gasteiger partial charge >= 0.3 is 0 Å². The van der Waals surface area contributed by atoms with Crippen molar-refractivity contribution in [1.29, 1.82) is 0 Å². The standard InChI is InChI=1S/C23H22BrN5O4/c1-12-27-17-6-5-15(24)10-16(17)22(30)29(12)23-26-11-14(21(25)28-23)7-13-8-18(31-2)20(33-4)19(9-13)32-3/h5-6,8-11H,7H2,1-4H3,(H2,25,26,28). The first-order chi connectivity index (χ1) is 15.9. The fourth-order valence-corrected chi connectivity index (χ4v) is 3.98. The lowest BCUT2D eigenvalue weighted by atomic mass is 10.1. The molecular weight excluding hydrogens is 490 g/mol. The van der Waals surface area contributed by atoms with Gasteiger partial charge in [-0.3, -0.25) is 4.79 Å². The van der Waals surface area contributed by atoms with E-state index in [0.29, 0.717) is 46.0 Å². The van der Waals surface area contributed by atoms with Gasteiger partial charge in [-0.25, -0.2) is 14.5 Å². The van der Waals surface area contributed by atoms with Crippen molar-refractivity contribution in [3.05, 3.63) is 68.3 Å². The largest absolute Gasteiger partial charge is 0.493 e. The van der Waals surface area contributed by atoms with Crippen molar-refractivity contribution < 1.29 is 14.2 Å².